The molecule has 0 bridgehead atoms. The third-order valence-corrected chi connectivity index (χ3v) is 4.95. The Morgan fingerprint density at radius 2 is 2.21 bits per heavy atom. The number of rotatable bonds is 5. The van der Waals surface area contributed by atoms with Crippen LogP contribution < -0.4 is 5.32 Å². The van der Waals surface area contributed by atoms with Gasteiger partial charge in [-0.05, 0) is 25.0 Å². The Bertz CT molecular complexity index is 512. The Labute approximate surface area is 120 Å². The molecule has 0 radical (unpaired) electrons. The zero-order chi connectivity index (χ0) is 12.9. The Morgan fingerprint density at radius 1 is 1.32 bits per heavy atom. The quantitative estimate of drug-likeness (QED) is 0.854. The molecule has 1 aromatic carbocycles. The molecule has 1 unspecified atom stereocenters. The van der Waals surface area contributed by atoms with Gasteiger partial charge in [-0.25, -0.2) is 0 Å². The molecule has 0 amide bonds. The van der Waals surface area contributed by atoms with Crippen molar-refractivity contribution in [2.45, 2.75) is 23.3 Å². The van der Waals surface area contributed by atoms with Crippen molar-refractivity contribution in [1.29, 1.82) is 0 Å². The van der Waals surface area contributed by atoms with Crippen molar-refractivity contribution in [2.24, 2.45) is 0 Å². The van der Waals surface area contributed by atoms with E-state index in [1.54, 1.807) is 23.1 Å². The van der Waals surface area contributed by atoms with Gasteiger partial charge >= 0.3 is 0 Å². The molecule has 4 nitrogen and oxygen atoms in total. The normalized spacial score (nSPS) is 18.6. The van der Waals surface area contributed by atoms with Crippen molar-refractivity contribution < 1.29 is 4.74 Å². The number of aromatic nitrogens is 2. The second-order valence-corrected chi connectivity index (χ2v) is 6.55. The summed E-state index contributed by atoms with van der Waals surface area (Å²) in [5, 5.41) is 12.4. The largest absolute Gasteiger partial charge is 0.377 e. The lowest BCUT2D eigenvalue weighted by Crippen LogP contribution is -2.07. The number of nitrogens with zero attached hydrogens (tertiary/aromatic N) is 2. The Kier molecular flexibility index (Phi) is 4.32. The minimum Gasteiger partial charge on any atom is -0.377 e. The number of benzene rings is 1. The molecule has 1 aromatic heterocycles. The Hall–Kier alpha value is -1.11. The maximum Gasteiger partial charge on any atom is 0.210 e. The van der Waals surface area contributed by atoms with E-state index in [1.807, 2.05) is 30.3 Å². The van der Waals surface area contributed by atoms with E-state index in [1.165, 1.54) is 12.8 Å². The highest BCUT2D eigenvalue weighted by Crippen LogP contribution is 2.29. The maximum atomic E-state index is 5.60. The van der Waals surface area contributed by atoms with E-state index >= 15 is 0 Å². The number of hydrogen-bond acceptors (Lipinski definition) is 6. The van der Waals surface area contributed by atoms with Crippen LogP contribution in [0.1, 0.15) is 12.8 Å². The molecule has 100 valence electrons. The van der Waals surface area contributed by atoms with Gasteiger partial charge in [0.1, 0.15) is 0 Å². The third-order valence-electron chi connectivity index (χ3n) is 2.85. The number of hydrogen-bond donors (Lipinski definition) is 1. The minimum absolute atomic E-state index is 0.388. The van der Waals surface area contributed by atoms with Crippen molar-refractivity contribution >= 4 is 33.9 Å². The van der Waals surface area contributed by atoms with Crippen molar-refractivity contribution in [3.8, 4) is 0 Å². The van der Waals surface area contributed by atoms with Crippen LogP contribution in [0.3, 0.4) is 0 Å². The lowest BCUT2D eigenvalue weighted by Gasteiger charge is -2.05. The van der Waals surface area contributed by atoms with Crippen molar-refractivity contribution in [1.82, 2.24) is 10.2 Å². The summed E-state index contributed by atoms with van der Waals surface area (Å²) in [6, 6.07) is 10.0. The summed E-state index contributed by atoms with van der Waals surface area (Å²) >= 11 is 3.31. The summed E-state index contributed by atoms with van der Waals surface area (Å²) in [5.41, 5.74) is 1.04. The van der Waals surface area contributed by atoms with Crippen LogP contribution in [0.5, 0.6) is 0 Å². The van der Waals surface area contributed by atoms with E-state index in [-0.39, 0.29) is 0 Å². The smallest absolute Gasteiger partial charge is 0.210 e. The molecule has 1 aliphatic heterocycles. The summed E-state index contributed by atoms with van der Waals surface area (Å²) in [6.45, 7) is 0.905. The average molecular weight is 293 g/mol. The van der Waals surface area contributed by atoms with Crippen LogP contribution in [-0.4, -0.2) is 28.7 Å². The van der Waals surface area contributed by atoms with Crippen LogP contribution in [-0.2, 0) is 4.74 Å². The summed E-state index contributed by atoms with van der Waals surface area (Å²) in [4.78, 5) is 0. The fraction of sp³-hybridized carbons (Fsp3) is 0.385. The molecule has 3 rings (SSSR count). The summed E-state index contributed by atoms with van der Waals surface area (Å²) in [5.74, 6) is 0.972. The highest BCUT2D eigenvalue weighted by Gasteiger charge is 2.16. The number of anilines is 2. The van der Waals surface area contributed by atoms with Crippen LogP contribution in [0.25, 0.3) is 0 Å². The monoisotopic (exact) mass is 293 g/mol. The van der Waals surface area contributed by atoms with Gasteiger partial charge in [0.2, 0.25) is 5.13 Å². The second kappa shape index (κ2) is 6.36. The predicted octanol–water partition coefficient (Wildman–Crippen LogP) is 3.55. The average Bonchev–Trinajstić information content (AvgIpc) is 3.09. The number of para-hydroxylation sites is 1. The molecule has 0 saturated carbocycles. The molecule has 6 heteroatoms. The SMILES string of the molecule is c1ccc(Nc2nnc(SCC3CCCO3)s2)cc1. The molecular formula is C13H15N3OS2. The highest BCUT2D eigenvalue weighted by atomic mass is 32.2. The second-order valence-electron chi connectivity index (χ2n) is 4.31. The lowest BCUT2D eigenvalue weighted by atomic mass is 10.3. The number of ether oxygens (including phenoxy) is 1. The van der Waals surface area contributed by atoms with E-state index in [4.69, 9.17) is 4.74 Å². The third kappa shape index (κ3) is 3.68. The molecule has 1 saturated heterocycles. The first kappa shape index (κ1) is 12.9. The van der Waals surface area contributed by atoms with E-state index in [0.717, 1.165) is 27.5 Å². The molecule has 1 fully saturated rings. The Balaban J connectivity index is 1.54. The molecule has 0 aliphatic carbocycles. The van der Waals surface area contributed by atoms with Crippen LogP contribution >= 0.6 is 23.1 Å². The molecule has 19 heavy (non-hydrogen) atoms. The van der Waals surface area contributed by atoms with Crippen molar-refractivity contribution in [2.75, 3.05) is 17.7 Å². The first-order chi connectivity index (χ1) is 9.40. The zero-order valence-corrected chi connectivity index (χ0v) is 12.0. The van der Waals surface area contributed by atoms with Gasteiger partial charge in [0.25, 0.3) is 0 Å². The topological polar surface area (TPSA) is 47.0 Å². The minimum atomic E-state index is 0.388. The molecule has 2 heterocycles. The molecule has 0 spiro atoms. The standard InChI is InChI=1S/C13H15N3OS2/c1-2-5-10(6-3-1)14-12-15-16-13(19-12)18-9-11-7-4-8-17-11/h1-3,5-6,11H,4,7-9H2,(H,14,15). The molecule has 1 atom stereocenters. The molecule has 1 N–H and O–H groups in total. The van der Waals surface area contributed by atoms with Gasteiger partial charge in [0.15, 0.2) is 4.34 Å². The predicted molar refractivity (Wildman–Crippen MR) is 79.3 cm³/mol. The summed E-state index contributed by atoms with van der Waals surface area (Å²) in [6.07, 6.45) is 2.74. The first-order valence-corrected chi connectivity index (χ1v) is 8.10. The van der Waals surface area contributed by atoms with Gasteiger partial charge in [0, 0.05) is 18.0 Å². The van der Waals surface area contributed by atoms with Crippen LogP contribution in [0.2, 0.25) is 0 Å². The number of nitrogens with one attached hydrogen (secondary N) is 1. The van der Waals surface area contributed by atoms with E-state index in [0.29, 0.717) is 6.10 Å². The maximum absolute atomic E-state index is 5.60. The van der Waals surface area contributed by atoms with Gasteiger partial charge in [-0.1, -0.05) is 41.3 Å². The summed E-state index contributed by atoms with van der Waals surface area (Å²) in [7, 11) is 0. The molecular weight excluding hydrogens is 278 g/mol. The fourth-order valence-corrected chi connectivity index (χ4v) is 3.77. The lowest BCUT2D eigenvalue weighted by molar-refractivity contribution is 0.129. The van der Waals surface area contributed by atoms with Gasteiger partial charge in [-0.2, -0.15) is 0 Å². The first-order valence-electron chi connectivity index (χ1n) is 6.30. The van der Waals surface area contributed by atoms with Gasteiger partial charge < -0.3 is 10.1 Å². The van der Waals surface area contributed by atoms with Crippen LogP contribution in [0.15, 0.2) is 34.7 Å². The van der Waals surface area contributed by atoms with Crippen molar-refractivity contribution in [3.63, 3.8) is 0 Å². The Morgan fingerprint density at radius 3 is 3.00 bits per heavy atom. The summed E-state index contributed by atoms with van der Waals surface area (Å²) < 4.78 is 6.59. The zero-order valence-electron chi connectivity index (χ0n) is 10.4. The van der Waals surface area contributed by atoms with E-state index in [2.05, 4.69) is 15.5 Å². The van der Waals surface area contributed by atoms with Crippen molar-refractivity contribution in [3.05, 3.63) is 30.3 Å². The highest BCUT2D eigenvalue weighted by molar-refractivity contribution is 8.01. The van der Waals surface area contributed by atoms with E-state index in [9.17, 15) is 0 Å². The van der Waals surface area contributed by atoms with Crippen LogP contribution in [0, 0.1) is 0 Å². The van der Waals surface area contributed by atoms with E-state index < -0.39 is 0 Å². The van der Waals surface area contributed by atoms with Gasteiger partial charge in [0.05, 0.1) is 6.10 Å². The molecule has 1 aliphatic rings. The van der Waals surface area contributed by atoms with Crippen LogP contribution in [0.4, 0.5) is 10.8 Å². The fourth-order valence-electron chi connectivity index (χ4n) is 1.90. The number of thioether (sulfide) groups is 1. The van der Waals surface area contributed by atoms with Gasteiger partial charge in [-0.3, -0.25) is 0 Å². The molecule has 2 aromatic rings. The van der Waals surface area contributed by atoms with Gasteiger partial charge in [-0.15, -0.1) is 10.2 Å².